The third-order valence-electron chi connectivity index (χ3n) is 3.23. The molecule has 1 saturated heterocycles. The molecular formula is C12H22O3. The van der Waals surface area contributed by atoms with Gasteiger partial charge in [-0.15, -0.1) is 0 Å². The third-order valence-corrected chi connectivity index (χ3v) is 3.23. The van der Waals surface area contributed by atoms with Crippen molar-refractivity contribution in [3.05, 3.63) is 0 Å². The number of hydrogen-bond acceptors (Lipinski definition) is 3. The van der Waals surface area contributed by atoms with Crippen LogP contribution in [0.15, 0.2) is 0 Å². The largest absolute Gasteiger partial charge is 0.467 e. The molecule has 0 saturated carbocycles. The molecule has 3 heteroatoms. The first-order chi connectivity index (χ1) is 6.80. The zero-order chi connectivity index (χ0) is 11.9. The van der Waals surface area contributed by atoms with Gasteiger partial charge in [-0.2, -0.15) is 0 Å². The Kier molecular flexibility index (Phi) is 3.15. The summed E-state index contributed by atoms with van der Waals surface area (Å²) in [4.78, 5) is 11.8. The van der Waals surface area contributed by atoms with Crippen LogP contribution < -0.4 is 0 Å². The molecule has 88 valence electrons. The average molecular weight is 214 g/mol. The van der Waals surface area contributed by atoms with Gasteiger partial charge in [-0.05, 0) is 25.2 Å². The molecule has 0 aromatic carbocycles. The van der Waals surface area contributed by atoms with Gasteiger partial charge in [-0.1, -0.05) is 27.7 Å². The Bertz CT molecular complexity index is 260. The van der Waals surface area contributed by atoms with Crippen molar-refractivity contribution in [1.82, 2.24) is 0 Å². The van der Waals surface area contributed by atoms with E-state index >= 15 is 0 Å². The molecule has 1 rings (SSSR count). The molecule has 2 unspecified atom stereocenters. The second-order valence-corrected chi connectivity index (χ2v) is 5.31. The van der Waals surface area contributed by atoms with Gasteiger partial charge in [0.1, 0.15) is 5.60 Å². The van der Waals surface area contributed by atoms with Crippen molar-refractivity contribution in [3.8, 4) is 0 Å². The van der Waals surface area contributed by atoms with E-state index in [9.17, 15) is 4.79 Å². The van der Waals surface area contributed by atoms with E-state index in [1.165, 1.54) is 7.11 Å². The molecule has 0 spiro atoms. The van der Waals surface area contributed by atoms with Gasteiger partial charge in [0.05, 0.1) is 7.11 Å². The van der Waals surface area contributed by atoms with Crippen LogP contribution in [0.3, 0.4) is 0 Å². The van der Waals surface area contributed by atoms with E-state index in [0.29, 0.717) is 5.92 Å². The maximum absolute atomic E-state index is 11.8. The molecule has 0 bridgehead atoms. The standard InChI is InChI=1S/C12H22O3/c1-8(2)7-11(5)12(15-11,9(3)4)10(13)14-6/h8-9H,7H2,1-6H3. The van der Waals surface area contributed by atoms with Gasteiger partial charge < -0.3 is 9.47 Å². The minimum Gasteiger partial charge on any atom is -0.467 e. The summed E-state index contributed by atoms with van der Waals surface area (Å²) in [5.74, 6) is 0.426. The number of epoxide rings is 1. The first kappa shape index (κ1) is 12.5. The summed E-state index contributed by atoms with van der Waals surface area (Å²) in [6.07, 6.45) is 0.889. The van der Waals surface area contributed by atoms with E-state index in [4.69, 9.17) is 9.47 Å². The first-order valence-electron chi connectivity index (χ1n) is 5.58. The van der Waals surface area contributed by atoms with E-state index in [0.717, 1.165) is 6.42 Å². The number of esters is 1. The summed E-state index contributed by atoms with van der Waals surface area (Å²) in [5, 5.41) is 0. The highest BCUT2D eigenvalue weighted by atomic mass is 16.7. The molecule has 1 aliphatic rings. The Morgan fingerprint density at radius 1 is 1.33 bits per heavy atom. The van der Waals surface area contributed by atoms with Crippen LogP contribution in [0.1, 0.15) is 41.0 Å². The van der Waals surface area contributed by atoms with Crippen molar-refractivity contribution in [2.45, 2.75) is 52.2 Å². The molecule has 0 aromatic rings. The summed E-state index contributed by atoms with van der Waals surface area (Å²) in [6, 6.07) is 0. The number of carbonyl (C=O) groups excluding carboxylic acids is 1. The molecule has 1 fully saturated rings. The number of hydrogen-bond donors (Lipinski definition) is 0. The van der Waals surface area contributed by atoms with Gasteiger partial charge in [-0.3, -0.25) is 0 Å². The lowest BCUT2D eigenvalue weighted by atomic mass is 9.80. The fourth-order valence-electron chi connectivity index (χ4n) is 2.68. The van der Waals surface area contributed by atoms with Crippen molar-refractivity contribution in [2.24, 2.45) is 11.8 Å². The lowest BCUT2D eigenvalue weighted by Crippen LogP contribution is -2.39. The van der Waals surface area contributed by atoms with E-state index in [1.54, 1.807) is 0 Å². The molecule has 0 aliphatic carbocycles. The van der Waals surface area contributed by atoms with Crippen molar-refractivity contribution in [1.29, 1.82) is 0 Å². The van der Waals surface area contributed by atoms with Gasteiger partial charge in [0.15, 0.2) is 5.60 Å². The normalized spacial score (nSPS) is 34.7. The van der Waals surface area contributed by atoms with E-state index in [2.05, 4.69) is 13.8 Å². The van der Waals surface area contributed by atoms with Crippen molar-refractivity contribution >= 4 is 5.97 Å². The minimum absolute atomic E-state index is 0.147. The summed E-state index contributed by atoms with van der Waals surface area (Å²) >= 11 is 0. The van der Waals surface area contributed by atoms with Crippen molar-refractivity contribution in [2.75, 3.05) is 7.11 Å². The van der Waals surface area contributed by atoms with Crippen LogP contribution in [0.5, 0.6) is 0 Å². The Hall–Kier alpha value is -0.570. The summed E-state index contributed by atoms with van der Waals surface area (Å²) in [7, 11) is 1.42. The Morgan fingerprint density at radius 3 is 2.20 bits per heavy atom. The summed E-state index contributed by atoms with van der Waals surface area (Å²) in [6.45, 7) is 10.3. The van der Waals surface area contributed by atoms with Crippen LogP contribution in [0.25, 0.3) is 0 Å². The maximum Gasteiger partial charge on any atom is 0.341 e. The molecule has 1 aliphatic heterocycles. The van der Waals surface area contributed by atoms with Crippen molar-refractivity contribution in [3.63, 3.8) is 0 Å². The predicted molar refractivity (Wildman–Crippen MR) is 58.5 cm³/mol. The quantitative estimate of drug-likeness (QED) is 0.533. The minimum atomic E-state index is -0.716. The molecule has 2 atom stereocenters. The average Bonchev–Trinajstić information content (AvgIpc) is 2.70. The van der Waals surface area contributed by atoms with Gasteiger partial charge in [0, 0.05) is 0 Å². The van der Waals surface area contributed by atoms with Gasteiger partial charge in [0.25, 0.3) is 0 Å². The molecule has 0 amide bonds. The van der Waals surface area contributed by atoms with Crippen LogP contribution in [0.4, 0.5) is 0 Å². The van der Waals surface area contributed by atoms with Crippen LogP contribution in [-0.4, -0.2) is 24.3 Å². The maximum atomic E-state index is 11.8. The summed E-state index contributed by atoms with van der Waals surface area (Å²) in [5.41, 5.74) is -1.06. The summed E-state index contributed by atoms with van der Waals surface area (Å²) < 4.78 is 10.6. The van der Waals surface area contributed by atoms with E-state index < -0.39 is 5.60 Å². The second-order valence-electron chi connectivity index (χ2n) is 5.31. The van der Waals surface area contributed by atoms with Crippen LogP contribution in [-0.2, 0) is 14.3 Å². The lowest BCUT2D eigenvalue weighted by Gasteiger charge is -2.19. The van der Waals surface area contributed by atoms with Crippen LogP contribution in [0.2, 0.25) is 0 Å². The highest BCUT2D eigenvalue weighted by Crippen LogP contribution is 2.56. The lowest BCUT2D eigenvalue weighted by molar-refractivity contribution is -0.148. The second kappa shape index (κ2) is 3.78. The number of ether oxygens (including phenoxy) is 2. The van der Waals surface area contributed by atoms with Gasteiger partial charge in [-0.25, -0.2) is 4.79 Å². The van der Waals surface area contributed by atoms with Crippen LogP contribution >= 0.6 is 0 Å². The Balaban J connectivity index is 2.86. The molecule has 15 heavy (non-hydrogen) atoms. The molecule has 3 nitrogen and oxygen atoms in total. The fourth-order valence-corrected chi connectivity index (χ4v) is 2.68. The predicted octanol–water partition coefficient (Wildman–Crippen LogP) is 2.39. The highest BCUT2D eigenvalue weighted by Gasteiger charge is 2.73. The Morgan fingerprint density at radius 2 is 1.87 bits per heavy atom. The molecule has 1 heterocycles. The van der Waals surface area contributed by atoms with E-state index in [1.807, 2.05) is 20.8 Å². The van der Waals surface area contributed by atoms with Gasteiger partial charge in [0.2, 0.25) is 0 Å². The first-order valence-corrected chi connectivity index (χ1v) is 5.58. The topological polar surface area (TPSA) is 38.8 Å². The fraction of sp³-hybridized carbons (Fsp3) is 0.917. The monoisotopic (exact) mass is 214 g/mol. The number of methoxy groups -OCH3 is 1. The molecular weight excluding hydrogens is 192 g/mol. The van der Waals surface area contributed by atoms with Gasteiger partial charge >= 0.3 is 5.97 Å². The highest BCUT2D eigenvalue weighted by molar-refractivity contribution is 5.85. The molecule has 0 aromatic heterocycles. The van der Waals surface area contributed by atoms with Crippen LogP contribution in [0, 0.1) is 11.8 Å². The molecule has 0 radical (unpaired) electrons. The zero-order valence-corrected chi connectivity index (χ0v) is 10.6. The third kappa shape index (κ3) is 1.78. The number of carbonyl (C=O) groups is 1. The zero-order valence-electron chi connectivity index (χ0n) is 10.6. The SMILES string of the molecule is COC(=O)C1(C(C)C)OC1(C)CC(C)C. The smallest absolute Gasteiger partial charge is 0.341 e. The molecule has 0 N–H and O–H groups in total. The van der Waals surface area contributed by atoms with E-state index in [-0.39, 0.29) is 17.5 Å². The van der Waals surface area contributed by atoms with Crippen molar-refractivity contribution < 1.29 is 14.3 Å². The number of rotatable bonds is 4. The Labute approximate surface area is 92.1 Å².